The molecule has 0 aliphatic rings. The van der Waals surface area contributed by atoms with Gasteiger partial charge in [0.15, 0.2) is 0 Å². The van der Waals surface area contributed by atoms with Gasteiger partial charge >= 0.3 is 0 Å². The summed E-state index contributed by atoms with van der Waals surface area (Å²) in [5, 5.41) is 25.3. The van der Waals surface area contributed by atoms with E-state index < -0.39 is 0 Å². The van der Waals surface area contributed by atoms with E-state index in [9.17, 15) is 5.26 Å². The van der Waals surface area contributed by atoms with Gasteiger partial charge in [0.05, 0.1) is 11.6 Å². The second-order valence-corrected chi connectivity index (χ2v) is 10.8. The maximum Gasteiger partial charge on any atom is 0.0992 e. The molecule has 1 nitrogen and oxygen atoms in total. The molecule has 0 atom stereocenters. The van der Waals surface area contributed by atoms with Gasteiger partial charge in [0.2, 0.25) is 0 Å². The molecule has 0 aromatic heterocycles. The molecular weight excluding hydrogens is 482 g/mol. The number of nitriles is 1. The fourth-order valence-electron chi connectivity index (χ4n) is 6.98. The first-order valence-electron chi connectivity index (χ1n) is 13.7. The van der Waals surface area contributed by atoms with Gasteiger partial charge in [0.25, 0.3) is 0 Å². The molecule has 40 heavy (non-hydrogen) atoms. The van der Waals surface area contributed by atoms with Crippen molar-refractivity contribution in [3.63, 3.8) is 0 Å². The SMILES string of the molecule is N#Cc1cc(-c2ccc3ccc4cccc5ccc2c3c45)cc(-c2ccc3ccc4cccc5ccc2c3c45)c1. The molecule has 0 heterocycles. The first-order valence-corrected chi connectivity index (χ1v) is 13.7. The van der Waals surface area contributed by atoms with E-state index in [1.54, 1.807) is 0 Å². The lowest BCUT2D eigenvalue weighted by atomic mass is 9.87. The Bertz CT molecular complexity index is 2290. The van der Waals surface area contributed by atoms with Crippen LogP contribution >= 0.6 is 0 Å². The van der Waals surface area contributed by atoms with Gasteiger partial charge in [0.1, 0.15) is 0 Å². The maximum absolute atomic E-state index is 10.1. The lowest BCUT2D eigenvalue weighted by Crippen LogP contribution is -1.91. The molecule has 0 aliphatic carbocycles. The van der Waals surface area contributed by atoms with E-state index in [2.05, 4.69) is 121 Å². The van der Waals surface area contributed by atoms with Crippen LogP contribution in [0.5, 0.6) is 0 Å². The molecule has 0 aliphatic heterocycles. The van der Waals surface area contributed by atoms with Crippen molar-refractivity contribution in [2.24, 2.45) is 0 Å². The van der Waals surface area contributed by atoms with Crippen LogP contribution in [0, 0.1) is 11.3 Å². The minimum Gasteiger partial charge on any atom is -0.192 e. The molecule has 0 N–H and O–H groups in total. The topological polar surface area (TPSA) is 23.8 Å². The summed E-state index contributed by atoms with van der Waals surface area (Å²) in [6.45, 7) is 0. The summed E-state index contributed by atoms with van der Waals surface area (Å²) in [7, 11) is 0. The van der Waals surface area contributed by atoms with Crippen LogP contribution in [0.2, 0.25) is 0 Å². The molecule has 9 aromatic rings. The summed E-state index contributed by atoms with van der Waals surface area (Å²) >= 11 is 0. The maximum atomic E-state index is 10.1. The average molecular weight is 504 g/mol. The summed E-state index contributed by atoms with van der Waals surface area (Å²) in [5.41, 5.74) is 5.11. The fraction of sp³-hybridized carbons (Fsp3) is 0. The standard InChI is InChI=1S/C39H21N/c40-22-23-19-30(32-15-11-28-9-7-24-3-1-5-26-13-17-34(32)38(28)36(24)26)21-31(20-23)33-16-12-29-10-8-25-4-2-6-27-14-18-35(33)39(29)37(25)27/h1-21H. The van der Waals surface area contributed by atoms with Crippen LogP contribution in [0.3, 0.4) is 0 Å². The zero-order valence-electron chi connectivity index (χ0n) is 21.6. The highest BCUT2D eigenvalue weighted by Crippen LogP contribution is 2.43. The van der Waals surface area contributed by atoms with Gasteiger partial charge in [-0.3, -0.25) is 0 Å². The summed E-state index contributed by atoms with van der Waals surface area (Å²) < 4.78 is 0. The first kappa shape index (κ1) is 21.5. The largest absolute Gasteiger partial charge is 0.192 e. The van der Waals surface area contributed by atoms with Crippen LogP contribution in [0.1, 0.15) is 5.56 Å². The smallest absolute Gasteiger partial charge is 0.0992 e. The lowest BCUT2D eigenvalue weighted by Gasteiger charge is -2.16. The molecule has 0 saturated heterocycles. The zero-order valence-corrected chi connectivity index (χ0v) is 21.6. The van der Waals surface area contributed by atoms with Crippen LogP contribution in [-0.2, 0) is 0 Å². The van der Waals surface area contributed by atoms with Crippen LogP contribution in [0.25, 0.3) is 86.9 Å². The van der Waals surface area contributed by atoms with Crippen molar-refractivity contribution in [1.29, 1.82) is 5.26 Å². The molecule has 0 spiro atoms. The third-order valence-corrected chi connectivity index (χ3v) is 8.74. The van der Waals surface area contributed by atoms with E-state index in [4.69, 9.17) is 0 Å². The number of hydrogen-bond donors (Lipinski definition) is 0. The molecule has 0 fully saturated rings. The second kappa shape index (κ2) is 7.79. The van der Waals surface area contributed by atoms with E-state index in [0.29, 0.717) is 5.56 Å². The Morgan fingerprint density at radius 3 is 1.18 bits per heavy atom. The van der Waals surface area contributed by atoms with Crippen molar-refractivity contribution in [3.8, 4) is 28.3 Å². The van der Waals surface area contributed by atoms with Gasteiger partial charge in [0, 0.05) is 0 Å². The van der Waals surface area contributed by atoms with E-state index in [-0.39, 0.29) is 0 Å². The molecule has 182 valence electrons. The van der Waals surface area contributed by atoms with Gasteiger partial charge in [-0.25, -0.2) is 0 Å². The number of benzene rings is 9. The summed E-state index contributed by atoms with van der Waals surface area (Å²) in [4.78, 5) is 0. The molecule has 0 radical (unpaired) electrons. The van der Waals surface area contributed by atoms with Crippen LogP contribution < -0.4 is 0 Å². The third-order valence-electron chi connectivity index (χ3n) is 8.74. The van der Waals surface area contributed by atoms with Crippen LogP contribution in [0.15, 0.2) is 127 Å². The summed E-state index contributed by atoms with van der Waals surface area (Å²) in [5.74, 6) is 0. The predicted molar refractivity (Wildman–Crippen MR) is 169 cm³/mol. The van der Waals surface area contributed by atoms with Gasteiger partial charge in [-0.05, 0) is 105 Å². The van der Waals surface area contributed by atoms with Crippen molar-refractivity contribution in [2.45, 2.75) is 0 Å². The lowest BCUT2D eigenvalue weighted by molar-refractivity contribution is 1.48. The second-order valence-electron chi connectivity index (χ2n) is 10.8. The Hall–Kier alpha value is -5.45. The van der Waals surface area contributed by atoms with Crippen molar-refractivity contribution in [1.82, 2.24) is 0 Å². The molecule has 0 saturated carbocycles. The Morgan fingerprint density at radius 2 is 0.750 bits per heavy atom. The van der Waals surface area contributed by atoms with Gasteiger partial charge < -0.3 is 0 Å². The highest BCUT2D eigenvalue weighted by molar-refractivity contribution is 6.27. The molecule has 0 amide bonds. The van der Waals surface area contributed by atoms with E-state index >= 15 is 0 Å². The van der Waals surface area contributed by atoms with Crippen LogP contribution in [-0.4, -0.2) is 0 Å². The van der Waals surface area contributed by atoms with E-state index in [1.807, 2.05) is 12.1 Å². The molecular formula is C39H21N. The molecule has 1 heteroatoms. The number of nitrogens with zero attached hydrogens (tertiary/aromatic N) is 1. The fourth-order valence-corrected chi connectivity index (χ4v) is 6.98. The van der Waals surface area contributed by atoms with Crippen molar-refractivity contribution < 1.29 is 0 Å². The minimum absolute atomic E-state index is 0.670. The van der Waals surface area contributed by atoms with E-state index in [0.717, 1.165) is 22.3 Å². The average Bonchev–Trinajstić information content (AvgIpc) is 3.02. The highest BCUT2D eigenvalue weighted by Gasteiger charge is 2.16. The number of rotatable bonds is 2. The first-order chi connectivity index (χ1) is 19.8. The van der Waals surface area contributed by atoms with Gasteiger partial charge in [-0.15, -0.1) is 0 Å². The Morgan fingerprint density at radius 1 is 0.375 bits per heavy atom. The van der Waals surface area contributed by atoms with Gasteiger partial charge in [-0.2, -0.15) is 5.26 Å². The summed E-state index contributed by atoms with van der Waals surface area (Å²) in [6.07, 6.45) is 0. The molecule has 0 bridgehead atoms. The van der Waals surface area contributed by atoms with E-state index in [1.165, 1.54) is 64.6 Å². The van der Waals surface area contributed by atoms with Crippen molar-refractivity contribution >= 4 is 64.6 Å². The Balaban J connectivity index is 1.34. The molecule has 9 rings (SSSR count). The monoisotopic (exact) mass is 503 g/mol. The molecule has 9 aromatic carbocycles. The Kier molecular flexibility index (Phi) is 4.18. The predicted octanol–water partition coefficient (Wildman–Crippen LogP) is 10.7. The molecule has 0 unspecified atom stereocenters. The zero-order chi connectivity index (χ0) is 26.4. The highest BCUT2D eigenvalue weighted by atomic mass is 14.2. The number of hydrogen-bond acceptors (Lipinski definition) is 1. The van der Waals surface area contributed by atoms with Crippen LogP contribution in [0.4, 0.5) is 0 Å². The quantitative estimate of drug-likeness (QED) is 0.215. The normalized spacial score (nSPS) is 12.0. The van der Waals surface area contributed by atoms with Crippen molar-refractivity contribution in [3.05, 3.63) is 133 Å². The minimum atomic E-state index is 0.670. The third kappa shape index (κ3) is 2.85. The Labute approximate surface area is 230 Å². The van der Waals surface area contributed by atoms with Gasteiger partial charge in [-0.1, -0.05) is 109 Å². The summed E-state index contributed by atoms with van der Waals surface area (Å²) in [6, 6.07) is 48.5. The van der Waals surface area contributed by atoms with Crippen molar-refractivity contribution in [2.75, 3.05) is 0 Å².